The molecule has 0 unspecified atom stereocenters. The fourth-order valence-corrected chi connectivity index (χ4v) is 2.51. The summed E-state index contributed by atoms with van der Waals surface area (Å²) in [6, 6.07) is 2.55. The van der Waals surface area contributed by atoms with Crippen molar-refractivity contribution in [3.05, 3.63) is 58.9 Å². The summed E-state index contributed by atoms with van der Waals surface area (Å²) in [5.41, 5.74) is -1.15. The molecule has 162 valence electrons. The second-order valence-corrected chi connectivity index (χ2v) is 8.52. The van der Waals surface area contributed by atoms with Crippen LogP contribution in [0.25, 0.3) is 0 Å². The minimum atomic E-state index is -0.639. The molecule has 0 atom stereocenters. The Labute approximate surface area is 192 Å². The van der Waals surface area contributed by atoms with E-state index in [9.17, 15) is 25.0 Å². The van der Waals surface area contributed by atoms with Crippen LogP contribution in [0.2, 0.25) is 5.15 Å². The molecule has 0 saturated heterocycles. The van der Waals surface area contributed by atoms with Crippen LogP contribution in [0.5, 0.6) is 5.88 Å². The third kappa shape index (κ3) is 8.97. The molecule has 0 saturated carbocycles. The van der Waals surface area contributed by atoms with Gasteiger partial charge in [-0.05, 0) is 52.6 Å². The Morgan fingerprint density at radius 3 is 2.03 bits per heavy atom. The second kappa shape index (κ2) is 11.1. The number of nitrogens with zero attached hydrogens (tertiary/aromatic N) is 4. The molecule has 2 rings (SSSR count). The van der Waals surface area contributed by atoms with Crippen molar-refractivity contribution in [1.29, 1.82) is 0 Å². The summed E-state index contributed by atoms with van der Waals surface area (Å²) >= 11 is 11.5. The predicted octanol–water partition coefficient (Wildman–Crippen LogP) is 4.88. The predicted molar refractivity (Wildman–Crippen MR) is 114 cm³/mol. The molecule has 0 bridgehead atoms. The lowest BCUT2D eigenvalue weighted by molar-refractivity contribution is -0.386. The second-order valence-electron chi connectivity index (χ2n) is 6.33. The number of hydrogen-bond acceptors (Lipinski definition) is 9. The summed E-state index contributed by atoms with van der Waals surface area (Å²) in [4.78, 5) is 38.6. The molecule has 0 N–H and O–H groups in total. The molecule has 0 amide bonds. The number of carbonyl (C=O) groups is 1. The Bertz CT molecular complexity index is 954. The number of halogens is 3. The maximum absolute atomic E-state index is 11.4. The van der Waals surface area contributed by atoms with Gasteiger partial charge >= 0.3 is 17.3 Å². The van der Waals surface area contributed by atoms with Crippen molar-refractivity contribution in [1.82, 2.24) is 9.97 Å². The van der Waals surface area contributed by atoms with Crippen LogP contribution in [0.15, 0.2) is 33.5 Å². The van der Waals surface area contributed by atoms with Gasteiger partial charge in [-0.2, -0.15) is 0 Å². The van der Waals surface area contributed by atoms with Gasteiger partial charge in [0.15, 0.2) is 6.61 Å². The molecule has 0 aliphatic heterocycles. The van der Waals surface area contributed by atoms with Crippen LogP contribution in [0.4, 0.5) is 11.4 Å². The van der Waals surface area contributed by atoms with Crippen molar-refractivity contribution in [3.8, 4) is 5.88 Å². The quantitative estimate of drug-likeness (QED) is 0.212. The molecule has 0 radical (unpaired) electrons. The first-order chi connectivity index (χ1) is 13.8. The van der Waals surface area contributed by atoms with Crippen LogP contribution in [0.3, 0.4) is 0 Å². The smallest absolute Gasteiger partial charge is 0.344 e. The highest BCUT2D eigenvalue weighted by Crippen LogP contribution is 2.27. The fraction of sp³-hybridized carbons (Fsp3) is 0.312. The Balaban J connectivity index is 0.000000346. The van der Waals surface area contributed by atoms with Crippen LogP contribution < -0.4 is 4.74 Å². The molecule has 14 heteroatoms. The summed E-state index contributed by atoms with van der Waals surface area (Å²) in [5, 5.41) is 20.9. The third-order valence-electron chi connectivity index (χ3n) is 2.73. The zero-order valence-corrected chi connectivity index (χ0v) is 19.7. The Hall–Kier alpha value is -2.38. The van der Waals surface area contributed by atoms with Gasteiger partial charge in [-0.1, -0.05) is 11.6 Å². The Morgan fingerprint density at radius 1 is 1.07 bits per heavy atom. The topological polar surface area (TPSA) is 148 Å². The van der Waals surface area contributed by atoms with Gasteiger partial charge in [0.2, 0.25) is 5.15 Å². The van der Waals surface area contributed by atoms with E-state index in [-0.39, 0.29) is 22.4 Å². The van der Waals surface area contributed by atoms with E-state index in [0.717, 1.165) is 0 Å². The van der Waals surface area contributed by atoms with E-state index in [1.54, 1.807) is 20.8 Å². The average molecular weight is 571 g/mol. The van der Waals surface area contributed by atoms with Gasteiger partial charge in [-0.15, -0.1) is 0 Å². The first kappa shape index (κ1) is 25.7. The van der Waals surface area contributed by atoms with Crippen LogP contribution in [0, 0.1) is 20.2 Å². The number of aromatic nitrogens is 2. The molecule has 2 aromatic rings. The van der Waals surface area contributed by atoms with E-state index < -0.39 is 28.0 Å². The van der Waals surface area contributed by atoms with Gasteiger partial charge in [0.1, 0.15) is 5.60 Å². The van der Waals surface area contributed by atoms with Gasteiger partial charge in [0, 0.05) is 33.5 Å². The van der Waals surface area contributed by atoms with Crippen LogP contribution in [0.1, 0.15) is 20.8 Å². The van der Waals surface area contributed by atoms with Crippen molar-refractivity contribution < 1.29 is 24.1 Å². The normalized spacial score (nSPS) is 10.5. The zero-order valence-electron chi connectivity index (χ0n) is 15.8. The molecule has 2 aromatic heterocycles. The van der Waals surface area contributed by atoms with Gasteiger partial charge < -0.3 is 9.47 Å². The van der Waals surface area contributed by atoms with Crippen LogP contribution in [-0.4, -0.2) is 38.0 Å². The van der Waals surface area contributed by atoms with Crippen molar-refractivity contribution in [2.75, 3.05) is 6.61 Å². The highest BCUT2D eigenvalue weighted by atomic mass is 79.9. The third-order valence-corrected chi connectivity index (χ3v) is 3.88. The van der Waals surface area contributed by atoms with Crippen LogP contribution >= 0.6 is 43.5 Å². The van der Waals surface area contributed by atoms with Gasteiger partial charge in [0.05, 0.1) is 9.85 Å². The lowest BCUT2D eigenvalue weighted by atomic mass is 10.2. The first-order valence-corrected chi connectivity index (χ1v) is 9.86. The van der Waals surface area contributed by atoms with Gasteiger partial charge in [-0.3, -0.25) is 20.2 Å². The van der Waals surface area contributed by atoms with Gasteiger partial charge in [-0.25, -0.2) is 14.8 Å². The summed E-state index contributed by atoms with van der Waals surface area (Å²) in [6.07, 6.45) is 2.74. The van der Waals surface area contributed by atoms with E-state index in [1.807, 2.05) is 0 Å². The summed E-state index contributed by atoms with van der Waals surface area (Å²) in [7, 11) is 0. The molecule has 2 heterocycles. The zero-order chi connectivity index (χ0) is 23.1. The maximum atomic E-state index is 11.4. The first-order valence-electron chi connectivity index (χ1n) is 7.90. The minimum Gasteiger partial charge on any atom is -0.461 e. The Kier molecular flexibility index (Phi) is 9.52. The van der Waals surface area contributed by atoms with E-state index in [0.29, 0.717) is 8.95 Å². The number of carbonyl (C=O) groups excluding carboxylic acids is 1. The number of esters is 1. The largest absolute Gasteiger partial charge is 0.461 e. The van der Waals surface area contributed by atoms with E-state index >= 15 is 0 Å². The minimum absolute atomic E-state index is 0.0989. The summed E-state index contributed by atoms with van der Waals surface area (Å²) < 4.78 is 11.0. The fourth-order valence-electron chi connectivity index (χ4n) is 1.70. The van der Waals surface area contributed by atoms with Crippen molar-refractivity contribution in [2.45, 2.75) is 26.4 Å². The van der Waals surface area contributed by atoms with Crippen molar-refractivity contribution in [3.63, 3.8) is 0 Å². The molecule has 30 heavy (non-hydrogen) atoms. The molecule has 0 fully saturated rings. The number of pyridine rings is 2. The monoisotopic (exact) mass is 568 g/mol. The highest BCUT2D eigenvalue weighted by Gasteiger charge is 2.21. The summed E-state index contributed by atoms with van der Waals surface area (Å²) in [6.45, 7) is 4.70. The number of ether oxygens (including phenoxy) is 2. The molecular formula is C16H15Br2ClN4O7. The SMILES string of the molecule is CC(C)(C)OC(=O)COc1ncc(Br)cc1[N+](=O)[O-].O=[N+]([O-])c1cc(Br)cnc1Cl. The number of rotatable bonds is 5. The van der Waals surface area contributed by atoms with Crippen molar-refractivity contribution >= 4 is 60.8 Å². The average Bonchev–Trinajstić information content (AvgIpc) is 2.61. The molecule has 0 aliphatic carbocycles. The van der Waals surface area contributed by atoms with E-state index in [1.165, 1.54) is 24.5 Å². The lowest BCUT2D eigenvalue weighted by Crippen LogP contribution is -2.27. The van der Waals surface area contributed by atoms with Crippen LogP contribution in [-0.2, 0) is 9.53 Å². The highest BCUT2D eigenvalue weighted by molar-refractivity contribution is 9.10. The van der Waals surface area contributed by atoms with E-state index in [4.69, 9.17) is 21.1 Å². The van der Waals surface area contributed by atoms with Crippen molar-refractivity contribution in [2.24, 2.45) is 0 Å². The molecule has 11 nitrogen and oxygen atoms in total. The molecular weight excluding hydrogens is 555 g/mol. The molecule has 0 aliphatic rings. The number of nitro groups is 2. The number of hydrogen-bond donors (Lipinski definition) is 0. The molecule has 0 spiro atoms. The maximum Gasteiger partial charge on any atom is 0.344 e. The van der Waals surface area contributed by atoms with Gasteiger partial charge in [0.25, 0.3) is 5.88 Å². The summed E-state index contributed by atoms with van der Waals surface area (Å²) in [5.74, 6) is -0.842. The van der Waals surface area contributed by atoms with E-state index in [2.05, 4.69) is 41.8 Å². The Morgan fingerprint density at radius 2 is 1.57 bits per heavy atom. The molecule has 0 aromatic carbocycles. The standard InChI is InChI=1S/C11H13BrN2O5.C5H2BrClN2O2/c1-11(2,3)19-9(15)6-18-10-8(14(16)17)4-7(12)5-13-10;6-3-1-4(9(10)11)5(7)8-2-3/h4-5H,6H2,1-3H3;1-2H. The lowest BCUT2D eigenvalue weighted by Gasteiger charge is -2.19.